The summed E-state index contributed by atoms with van der Waals surface area (Å²) in [5.41, 5.74) is 1.32. The first-order chi connectivity index (χ1) is 13.0. The number of benzene rings is 2. The molecule has 2 aromatic rings. The smallest absolute Gasteiger partial charge is 0.244 e. The van der Waals surface area contributed by atoms with E-state index in [1.165, 1.54) is 7.11 Å². The van der Waals surface area contributed by atoms with Crippen LogP contribution in [0.1, 0.15) is 30.0 Å². The first-order valence-electron chi connectivity index (χ1n) is 8.72. The van der Waals surface area contributed by atoms with Crippen LogP contribution in [0.25, 0.3) is 0 Å². The fraction of sp³-hybridized carbons (Fsp3) is 0.350. The molecule has 27 heavy (non-hydrogen) atoms. The largest absolute Gasteiger partial charge is 0.497 e. The van der Waals surface area contributed by atoms with E-state index >= 15 is 0 Å². The van der Waals surface area contributed by atoms with Crippen LogP contribution in [0, 0.1) is 16.0 Å². The van der Waals surface area contributed by atoms with E-state index in [4.69, 9.17) is 4.74 Å². The Morgan fingerprint density at radius 1 is 1.15 bits per heavy atom. The van der Waals surface area contributed by atoms with E-state index in [1.54, 1.807) is 61.5 Å². The second-order valence-electron chi connectivity index (χ2n) is 6.76. The number of amides is 1. The molecule has 7 nitrogen and oxygen atoms in total. The van der Waals surface area contributed by atoms with Crippen LogP contribution in [0.3, 0.4) is 0 Å². The van der Waals surface area contributed by atoms with Crippen molar-refractivity contribution in [1.82, 2.24) is 4.90 Å². The maximum atomic E-state index is 12.1. The molecule has 1 fully saturated rings. The van der Waals surface area contributed by atoms with Crippen molar-refractivity contribution in [2.45, 2.75) is 31.2 Å². The molecule has 1 heterocycles. The Labute approximate surface area is 157 Å². The van der Waals surface area contributed by atoms with Gasteiger partial charge in [0.25, 0.3) is 0 Å². The van der Waals surface area contributed by atoms with Crippen LogP contribution < -0.4 is 4.74 Å². The first kappa shape index (κ1) is 18.8. The molecular weight excluding hydrogens is 348 g/mol. The van der Waals surface area contributed by atoms with Gasteiger partial charge in [-0.15, -0.1) is 0 Å². The SMILES string of the molecule is COc1cccc([C@@H]2[C@@H](C)[C@H](O)N(C=O)[C@H](c3ccccc3)[C@H]2[N+](=O)[O-])c1. The van der Waals surface area contributed by atoms with Gasteiger partial charge in [-0.2, -0.15) is 0 Å². The summed E-state index contributed by atoms with van der Waals surface area (Å²) in [7, 11) is 1.53. The Bertz CT molecular complexity index is 813. The maximum Gasteiger partial charge on any atom is 0.244 e. The molecule has 0 aromatic heterocycles. The van der Waals surface area contributed by atoms with Gasteiger partial charge in [0.1, 0.15) is 18.0 Å². The lowest BCUT2D eigenvalue weighted by molar-refractivity contribution is -0.543. The van der Waals surface area contributed by atoms with Gasteiger partial charge in [0.15, 0.2) is 0 Å². The van der Waals surface area contributed by atoms with E-state index in [-0.39, 0.29) is 4.92 Å². The monoisotopic (exact) mass is 370 g/mol. The zero-order valence-corrected chi connectivity index (χ0v) is 15.1. The van der Waals surface area contributed by atoms with Crippen molar-refractivity contribution < 1.29 is 19.6 Å². The van der Waals surface area contributed by atoms with E-state index < -0.39 is 30.1 Å². The second-order valence-corrected chi connectivity index (χ2v) is 6.76. The molecule has 0 saturated carbocycles. The van der Waals surface area contributed by atoms with Gasteiger partial charge < -0.3 is 14.7 Å². The van der Waals surface area contributed by atoms with Gasteiger partial charge in [0, 0.05) is 10.8 Å². The molecule has 1 aliphatic heterocycles. The summed E-state index contributed by atoms with van der Waals surface area (Å²) in [6, 6.07) is 13.9. The van der Waals surface area contributed by atoms with E-state index in [0.717, 1.165) is 4.90 Å². The highest BCUT2D eigenvalue weighted by molar-refractivity contribution is 5.51. The quantitative estimate of drug-likeness (QED) is 0.496. The number of nitro groups is 1. The summed E-state index contributed by atoms with van der Waals surface area (Å²) in [6.45, 7) is 1.73. The van der Waals surface area contributed by atoms with Crippen molar-refractivity contribution in [2.75, 3.05) is 7.11 Å². The molecule has 0 aliphatic carbocycles. The lowest BCUT2D eigenvalue weighted by Gasteiger charge is -2.46. The molecule has 0 unspecified atom stereocenters. The molecule has 2 aromatic carbocycles. The zero-order valence-electron chi connectivity index (χ0n) is 15.1. The third kappa shape index (κ3) is 3.38. The third-order valence-corrected chi connectivity index (χ3v) is 5.34. The molecular formula is C20H22N2O5. The normalized spacial score (nSPS) is 27.8. The molecule has 0 bridgehead atoms. The lowest BCUT2D eigenvalue weighted by atomic mass is 9.72. The highest BCUT2D eigenvalue weighted by Gasteiger charge is 2.54. The molecule has 5 atom stereocenters. The Morgan fingerprint density at radius 2 is 1.81 bits per heavy atom. The van der Waals surface area contributed by atoms with Gasteiger partial charge in [0.2, 0.25) is 12.5 Å². The minimum atomic E-state index is -1.14. The average molecular weight is 370 g/mol. The van der Waals surface area contributed by atoms with E-state index in [0.29, 0.717) is 23.3 Å². The zero-order chi connectivity index (χ0) is 19.6. The van der Waals surface area contributed by atoms with Gasteiger partial charge in [0.05, 0.1) is 13.0 Å². The predicted molar refractivity (Wildman–Crippen MR) is 98.8 cm³/mol. The fourth-order valence-electron chi connectivity index (χ4n) is 4.05. The molecule has 1 amide bonds. The Hall–Kier alpha value is -2.93. The average Bonchev–Trinajstić information content (AvgIpc) is 2.69. The topological polar surface area (TPSA) is 92.9 Å². The van der Waals surface area contributed by atoms with E-state index in [2.05, 4.69) is 0 Å². The summed E-state index contributed by atoms with van der Waals surface area (Å²) in [6.07, 6.45) is -0.642. The number of carbonyl (C=O) groups is 1. The van der Waals surface area contributed by atoms with Crippen molar-refractivity contribution >= 4 is 6.41 Å². The van der Waals surface area contributed by atoms with Crippen LogP contribution >= 0.6 is 0 Å². The number of aliphatic hydroxyl groups is 1. The van der Waals surface area contributed by atoms with Gasteiger partial charge in [-0.3, -0.25) is 14.9 Å². The lowest BCUT2D eigenvalue weighted by Crippen LogP contribution is -2.57. The fourth-order valence-corrected chi connectivity index (χ4v) is 4.05. The van der Waals surface area contributed by atoms with Crippen LogP contribution in [0.2, 0.25) is 0 Å². The number of hydrogen-bond donors (Lipinski definition) is 1. The van der Waals surface area contributed by atoms with Crippen molar-refractivity contribution in [3.63, 3.8) is 0 Å². The number of likely N-dealkylation sites (tertiary alicyclic amines) is 1. The van der Waals surface area contributed by atoms with Gasteiger partial charge in [-0.05, 0) is 23.3 Å². The second kappa shape index (κ2) is 7.75. The number of ether oxygens (including phenoxy) is 1. The van der Waals surface area contributed by atoms with Crippen LogP contribution in [0.4, 0.5) is 0 Å². The molecule has 142 valence electrons. The predicted octanol–water partition coefficient (Wildman–Crippen LogP) is 2.59. The molecule has 0 radical (unpaired) electrons. The van der Waals surface area contributed by atoms with Crippen LogP contribution in [-0.4, -0.2) is 40.7 Å². The molecule has 0 spiro atoms. The highest BCUT2D eigenvalue weighted by Crippen LogP contribution is 2.46. The summed E-state index contributed by atoms with van der Waals surface area (Å²) >= 11 is 0. The Kier molecular flexibility index (Phi) is 5.41. The van der Waals surface area contributed by atoms with Gasteiger partial charge in [-0.25, -0.2) is 0 Å². The number of piperidine rings is 1. The van der Waals surface area contributed by atoms with Crippen LogP contribution in [0.15, 0.2) is 54.6 Å². The molecule has 1 aliphatic rings. The summed E-state index contributed by atoms with van der Waals surface area (Å²) in [5.74, 6) is -0.533. The number of methoxy groups -OCH3 is 1. The molecule has 1 saturated heterocycles. The number of rotatable bonds is 5. The van der Waals surface area contributed by atoms with Crippen molar-refractivity contribution in [3.8, 4) is 5.75 Å². The highest BCUT2D eigenvalue weighted by atomic mass is 16.6. The minimum absolute atomic E-state index is 0.347. The number of carbonyl (C=O) groups excluding carboxylic acids is 1. The first-order valence-corrected chi connectivity index (χ1v) is 8.72. The number of nitrogens with zero attached hydrogens (tertiary/aromatic N) is 2. The molecule has 3 rings (SSSR count). The molecule has 1 N–H and O–H groups in total. The Balaban J connectivity index is 2.16. The van der Waals surface area contributed by atoms with Crippen LogP contribution in [-0.2, 0) is 4.79 Å². The summed E-state index contributed by atoms with van der Waals surface area (Å²) in [5, 5.41) is 22.9. The number of aliphatic hydroxyl groups excluding tert-OH is 1. The minimum Gasteiger partial charge on any atom is -0.497 e. The van der Waals surface area contributed by atoms with Crippen molar-refractivity contribution in [3.05, 3.63) is 75.8 Å². The van der Waals surface area contributed by atoms with E-state index in [1.807, 2.05) is 0 Å². The Morgan fingerprint density at radius 3 is 2.41 bits per heavy atom. The maximum absolute atomic E-state index is 12.1. The van der Waals surface area contributed by atoms with Gasteiger partial charge >= 0.3 is 0 Å². The number of hydrogen-bond acceptors (Lipinski definition) is 5. The van der Waals surface area contributed by atoms with Gasteiger partial charge in [-0.1, -0.05) is 49.4 Å². The van der Waals surface area contributed by atoms with Crippen molar-refractivity contribution in [2.24, 2.45) is 5.92 Å². The van der Waals surface area contributed by atoms with Crippen molar-refractivity contribution in [1.29, 1.82) is 0 Å². The van der Waals surface area contributed by atoms with Crippen LogP contribution in [0.5, 0.6) is 5.75 Å². The standard InChI is InChI=1S/C20H22N2O5/c1-13-17(15-9-6-10-16(11-15)27-2)19(22(25)26)18(21(12-23)20(13)24)14-7-4-3-5-8-14/h3-13,17-20,24H,1-2H3/t13-,17+,18-,19+,20+/m1/s1. The molecule has 7 heteroatoms. The summed E-state index contributed by atoms with van der Waals surface area (Å²) < 4.78 is 5.26. The summed E-state index contributed by atoms with van der Waals surface area (Å²) in [4.78, 5) is 24.7. The third-order valence-electron chi connectivity index (χ3n) is 5.34. The van der Waals surface area contributed by atoms with E-state index in [9.17, 15) is 20.0 Å².